The van der Waals surface area contributed by atoms with Gasteiger partial charge in [-0.25, -0.2) is 0 Å². The molecule has 1 saturated heterocycles. The van der Waals surface area contributed by atoms with E-state index in [0.29, 0.717) is 37.5 Å². The Kier molecular flexibility index (Phi) is 9.56. The number of carbonyl (C=O) groups excluding carboxylic acids is 1. The summed E-state index contributed by atoms with van der Waals surface area (Å²) in [5.74, 6) is 0.142. The van der Waals surface area contributed by atoms with Gasteiger partial charge in [0.15, 0.2) is 0 Å². The van der Waals surface area contributed by atoms with Gasteiger partial charge in [0.1, 0.15) is 5.56 Å². The Morgan fingerprint density at radius 1 is 1.27 bits per heavy atom. The zero-order valence-electron chi connectivity index (χ0n) is 17.5. The summed E-state index contributed by atoms with van der Waals surface area (Å²) in [4.78, 5) is 28.2. The number of nitrogens with zero attached hydrogens (tertiary/aromatic N) is 2. The lowest BCUT2D eigenvalue weighted by molar-refractivity contribution is 0.0728. The molecule has 1 aliphatic rings. The molecule has 164 valence electrons. The average Bonchev–Trinajstić information content (AvgIpc) is 2.74. The molecule has 2 N–H and O–H groups in total. The van der Waals surface area contributed by atoms with Crippen LogP contribution < -0.4 is 10.9 Å². The van der Waals surface area contributed by atoms with Crippen LogP contribution in [0.3, 0.4) is 0 Å². The highest BCUT2D eigenvalue weighted by atomic mass is 35.5. The van der Waals surface area contributed by atoms with E-state index in [1.807, 2.05) is 43.3 Å². The van der Waals surface area contributed by atoms with Crippen molar-refractivity contribution in [3.05, 3.63) is 69.6 Å². The van der Waals surface area contributed by atoms with Crippen LogP contribution in [0, 0.1) is 12.8 Å². The first kappa shape index (κ1) is 24.1. The molecule has 0 aliphatic carbocycles. The number of aliphatic hydroxyl groups excluding tert-OH is 1. The first-order chi connectivity index (χ1) is 14.1. The van der Waals surface area contributed by atoms with E-state index in [4.69, 9.17) is 0 Å². The van der Waals surface area contributed by atoms with Crippen molar-refractivity contribution in [2.24, 2.45) is 5.92 Å². The minimum atomic E-state index is -0.263. The zero-order valence-corrected chi connectivity index (χ0v) is 18.4. The molecule has 0 bridgehead atoms. The summed E-state index contributed by atoms with van der Waals surface area (Å²) in [5.41, 5.74) is 1.72. The maximum Gasteiger partial charge on any atom is 0.263 e. The van der Waals surface area contributed by atoms with Crippen molar-refractivity contribution in [3.63, 3.8) is 0 Å². The van der Waals surface area contributed by atoms with E-state index < -0.39 is 0 Å². The molecular weight excluding hydrogens is 402 g/mol. The SMILES string of the molecule is Cc1ccn(CC2CCCNC2)c(=O)c1C(=O)N(CCCO)Cc1ccccc1.Cl. The number of benzene rings is 1. The topological polar surface area (TPSA) is 74.6 Å². The number of piperidine rings is 1. The van der Waals surface area contributed by atoms with Crippen LogP contribution in [-0.2, 0) is 13.1 Å². The number of aryl methyl sites for hydroxylation is 1. The fourth-order valence-corrected chi connectivity index (χ4v) is 3.90. The van der Waals surface area contributed by atoms with Crippen molar-refractivity contribution in [3.8, 4) is 0 Å². The van der Waals surface area contributed by atoms with E-state index in [1.54, 1.807) is 15.7 Å². The molecule has 1 aromatic heterocycles. The molecule has 0 radical (unpaired) electrons. The van der Waals surface area contributed by atoms with Gasteiger partial charge in [0.05, 0.1) is 0 Å². The number of halogens is 1. The summed E-state index contributed by atoms with van der Waals surface area (Å²) in [6.45, 7) is 5.20. The highest BCUT2D eigenvalue weighted by molar-refractivity contribution is 5.95. The number of rotatable bonds is 8. The van der Waals surface area contributed by atoms with Gasteiger partial charge >= 0.3 is 0 Å². The molecule has 1 fully saturated rings. The molecule has 2 aromatic rings. The highest BCUT2D eigenvalue weighted by Crippen LogP contribution is 2.14. The molecule has 1 aliphatic heterocycles. The van der Waals surface area contributed by atoms with Crippen molar-refractivity contribution in [2.45, 2.75) is 39.3 Å². The van der Waals surface area contributed by atoms with Crippen LogP contribution in [-0.4, -0.2) is 46.7 Å². The molecule has 1 unspecified atom stereocenters. The molecule has 30 heavy (non-hydrogen) atoms. The smallest absolute Gasteiger partial charge is 0.263 e. The first-order valence-corrected chi connectivity index (χ1v) is 10.4. The quantitative estimate of drug-likeness (QED) is 0.671. The van der Waals surface area contributed by atoms with Gasteiger partial charge in [-0.2, -0.15) is 0 Å². The molecule has 0 saturated carbocycles. The standard InChI is InChI=1S/C23H31N3O3.ClH/c1-18-10-13-26(17-20-9-5-11-24-15-20)23(29)21(18)22(28)25(12-6-14-27)16-19-7-3-2-4-8-19;/h2-4,7-8,10,13,20,24,27H,5-6,9,11-12,14-17H2,1H3;1H. The first-order valence-electron chi connectivity index (χ1n) is 10.4. The van der Waals surface area contributed by atoms with E-state index in [-0.39, 0.29) is 36.0 Å². The van der Waals surface area contributed by atoms with Crippen molar-refractivity contribution in [1.29, 1.82) is 0 Å². The summed E-state index contributed by atoms with van der Waals surface area (Å²) in [5, 5.41) is 12.6. The third-order valence-electron chi connectivity index (χ3n) is 5.53. The van der Waals surface area contributed by atoms with Crippen molar-refractivity contribution in [1.82, 2.24) is 14.8 Å². The lowest BCUT2D eigenvalue weighted by Gasteiger charge is -2.25. The molecule has 3 rings (SSSR count). The van der Waals surface area contributed by atoms with Gasteiger partial charge in [-0.15, -0.1) is 12.4 Å². The molecule has 2 heterocycles. The fraction of sp³-hybridized carbons (Fsp3) is 0.478. The number of aromatic nitrogens is 1. The summed E-state index contributed by atoms with van der Waals surface area (Å²) in [7, 11) is 0. The Bertz CT molecular complexity index is 864. The zero-order chi connectivity index (χ0) is 20.6. The Morgan fingerprint density at radius 2 is 2.03 bits per heavy atom. The number of hydrogen-bond donors (Lipinski definition) is 2. The maximum absolute atomic E-state index is 13.4. The van der Waals surface area contributed by atoms with Crippen LogP contribution in [0.25, 0.3) is 0 Å². The summed E-state index contributed by atoms with van der Waals surface area (Å²) < 4.78 is 1.69. The Balaban J connectivity index is 0.00000320. The van der Waals surface area contributed by atoms with E-state index >= 15 is 0 Å². The van der Waals surface area contributed by atoms with Gasteiger partial charge in [0.2, 0.25) is 0 Å². The average molecular weight is 434 g/mol. The van der Waals surface area contributed by atoms with Gasteiger partial charge < -0.3 is 19.9 Å². The number of nitrogens with one attached hydrogen (secondary N) is 1. The van der Waals surface area contributed by atoms with E-state index in [0.717, 1.165) is 31.5 Å². The molecule has 1 atom stereocenters. The Morgan fingerprint density at radius 3 is 2.70 bits per heavy atom. The minimum absolute atomic E-state index is 0. The molecule has 6 nitrogen and oxygen atoms in total. The second kappa shape index (κ2) is 11.9. The van der Waals surface area contributed by atoms with Gasteiger partial charge in [-0.05, 0) is 62.4 Å². The normalized spacial score (nSPS) is 16.0. The van der Waals surface area contributed by atoms with Gasteiger partial charge in [-0.3, -0.25) is 9.59 Å². The molecule has 7 heteroatoms. The third kappa shape index (κ3) is 6.17. The fourth-order valence-electron chi connectivity index (χ4n) is 3.90. The van der Waals surface area contributed by atoms with Crippen molar-refractivity contribution >= 4 is 18.3 Å². The highest BCUT2D eigenvalue weighted by Gasteiger charge is 2.23. The second-order valence-corrected chi connectivity index (χ2v) is 7.83. The van der Waals surface area contributed by atoms with Gasteiger partial charge in [0, 0.05) is 32.4 Å². The van der Waals surface area contributed by atoms with E-state index in [1.165, 1.54) is 0 Å². The Labute approximate surface area is 184 Å². The van der Waals surface area contributed by atoms with Crippen LogP contribution in [0.2, 0.25) is 0 Å². The number of carbonyl (C=O) groups is 1. The predicted octanol–water partition coefficient (Wildman–Crippen LogP) is 2.60. The maximum atomic E-state index is 13.4. The molecular formula is C23H32ClN3O3. The van der Waals surface area contributed by atoms with Crippen LogP contribution in [0.4, 0.5) is 0 Å². The van der Waals surface area contributed by atoms with Gasteiger partial charge in [-0.1, -0.05) is 30.3 Å². The number of pyridine rings is 1. The summed E-state index contributed by atoms with van der Waals surface area (Å²) in [6.07, 6.45) is 4.49. The summed E-state index contributed by atoms with van der Waals surface area (Å²) >= 11 is 0. The second-order valence-electron chi connectivity index (χ2n) is 7.83. The van der Waals surface area contributed by atoms with Crippen molar-refractivity contribution in [2.75, 3.05) is 26.2 Å². The van der Waals surface area contributed by atoms with Crippen LogP contribution in [0.1, 0.15) is 40.7 Å². The number of aliphatic hydroxyl groups is 1. The predicted molar refractivity (Wildman–Crippen MR) is 121 cm³/mol. The largest absolute Gasteiger partial charge is 0.396 e. The molecule has 1 aromatic carbocycles. The van der Waals surface area contributed by atoms with Crippen molar-refractivity contribution < 1.29 is 9.90 Å². The molecule has 0 spiro atoms. The van der Waals surface area contributed by atoms with Gasteiger partial charge in [0.25, 0.3) is 11.5 Å². The number of amides is 1. The van der Waals surface area contributed by atoms with Crippen LogP contribution >= 0.6 is 12.4 Å². The lowest BCUT2D eigenvalue weighted by atomic mass is 9.99. The molecule has 1 amide bonds. The third-order valence-corrected chi connectivity index (χ3v) is 5.53. The van der Waals surface area contributed by atoms with E-state index in [9.17, 15) is 14.7 Å². The van der Waals surface area contributed by atoms with Crippen LogP contribution in [0.5, 0.6) is 0 Å². The monoisotopic (exact) mass is 433 g/mol. The van der Waals surface area contributed by atoms with E-state index in [2.05, 4.69) is 5.32 Å². The van der Waals surface area contributed by atoms with Crippen LogP contribution in [0.15, 0.2) is 47.4 Å². The number of hydrogen-bond acceptors (Lipinski definition) is 4. The lowest BCUT2D eigenvalue weighted by Crippen LogP contribution is -2.40. The summed E-state index contributed by atoms with van der Waals surface area (Å²) in [6, 6.07) is 11.6. The Hall–Kier alpha value is -2.15. The minimum Gasteiger partial charge on any atom is -0.396 e.